The fourth-order valence-electron chi connectivity index (χ4n) is 1.57. The Bertz CT molecular complexity index is 594. The Hall–Kier alpha value is -2.69. The zero-order chi connectivity index (χ0) is 14.4. The Labute approximate surface area is 116 Å². The fourth-order valence-corrected chi connectivity index (χ4v) is 1.57. The van der Waals surface area contributed by atoms with Crippen LogP contribution in [0.15, 0.2) is 48.8 Å². The molecule has 1 N–H and O–H groups in total. The van der Waals surface area contributed by atoms with Crippen molar-refractivity contribution in [2.45, 2.75) is 6.92 Å². The lowest BCUT2D eigenvalue weighted by molar-refractivity contribution is -0.118. The van der Waals surface area contributed by atoms with Gasteiger partial charge in [0.05, 0.1) is 6.20 Å². The van der Waals surface area contributed by atoms with E-state index in [0.29, 0.717) is 17.0 Å². The first-order valence-corrected chi connectivity index (χ1v) is 6.09. The Morgan fingerprint density at radius 1 is 1.20 bits per heavy atom. The molecule has 5 heteroatoms. The molecule has 20 heavy (non-hydrogen) atoms. The molecule has 0 fully saturated rings. The summed E-state index contributed by atoms with van der Waals surface area (Å²) in [7, 11) is 0. The number of hydrogen-bond donors (Lipinski definition) is 1. The van der Waals surface area contributed by atoms with Gasteiger partial charge in [0.15, 0.2) is 12.4 Å². The van der Waals surface area contributed by atoms with E-state index in [9.17, 15) is 9.59 Å². The summed E-state index contributed by atoms with van der Waals surface area (Å²) in [6, 6.07) is 10.1. The zero-order valence-corrected chi connectivity index (χ0v) is 11.0. The molecule has 0 spiro atoms. The molecule has 0 aliphatic rings. The Morgan fingerprint density at radius 2 is 1.95 bits per heavy atom. The van der Waals surface area contributed by atoms with Crippen LogP contribution in [-0.4, -0.2) is 23.3 Å². The van der Waals surface area contributed by atoms with E-state index in [2.05, 4.69) is 10.3 Å². The minimum absolute atomic E-state index is 0.0113. The van der Waals surface area contributed by atoms with Crippen molar-refractivity contribution in [3.63, 3.8) is 0 Å². The molecule has 1 aromatic heterocycles. The van der Waals surface area contributed by atoms with Gasteiger partial charge >= 0.3 is 0 Å². The number of nitrogens with one attached hydrogen (secondary N) is 1. The van der Waals surface area contributed by atoms with E-state index >= 15 is 0 Å². The van der Waals surface area contributed by atoms with Gasteiger partial charge in [-0.2, -0.15) is 0 Å². The highest BCUT2D eigenvalue weighted by molar-refractivity contribution is 5.95. The number of carbonyl (C=O) groups excluding carboxylic acids is 2. The fraction of sp³-hybridized carbons (Fsp3) is 0.133. The van der Waals surface area contributed by atoms with Crippen molar-refractivity contribution in [1.29, 1.82) is 0 Å². The lowest BCUT2D eigenvalue weighted by Crippen LogP contribution is -2.20. The number of hydrogen-bond acceptors (Lipinski definition) is 4. The van der Waals surface area contributed by atoms with Crippen LogP contribution >= 0.6 is 0 Å². The van der Waals surface area contributed by atoms with Crippen LogP contribution in [0, 0.1) is 0 Å². The van der Waals surface area contributed by atoms with Gasteiger partial charge in [0.25, 0.3) is 5.91 Å². The minimum atomic E-state index is -0.274. The smallest absolute Gasteiger partial charge is 0.262 e. The summed E-state index contributed by atoms with van der Waals surface area (Å²) < 4.78 is 5.27. The molecule has 2 aromatic rings. The highest BCUT2D eigenvalue weighted by Crippen LogP contribution is 2.10. The highest BCUT2D eigenvalue weighted by Gasteiger charge is 2.04. The Kier molecular flexibility index (Phi) is 4.44. The number of nitrogens with zero attached hydrogens (tertiary/aromatic N) is 1. The van der Waals surface area contributed by atoms with Crippen molar-refractivity contribution in [3.8, 4) is 5.75 Å². The molecule has 0 bridgehead atoms. The van der Waals surface area contributed by atoms with Crippen LogP contribution in [0.4, 0.5) is 5.69 Å². The maximum Gasteiger partial charge on any atom is 0.262 e. The molecule has 0 aliphatic carbocycles. The van der Waals surface area contributed by atoms with Crippen molar-refractivity contribution in [2.24, 2.45) is 0 Å². The molecule has 0 unspecified atom stereocenters. The monoisotopic (exact) mass is 270 g/mol. The van der Waals surface area contributed by atoms with E-state index in [1.54, 1.807) is 42.6 Å². The number of amides is 1. The topological polar surface area (TPSA) is 68.3 Å². The van der Waals surface area contributed by atoms with E-state index in [1.807, 2.05) is 0 Å². The first kappa shape index (κ1) is 13.7. The molecule has 1 amide bonds. The third-order valence-electron chi connectivity index (χ3n) is 2.58. The summed E-state index contributed by atoms with van der Waals surface area (Å²) >= 11 is 0. The number of carbonyl (C=O) groups is 2. The second kappa shape index (κ2) is 6.47. The summed E-state index contributed by atoms with van der Waals surface area (Å²) in [6.07, 6.45) is 3.17. The second-order valence-electron chi connectivity index (χ2n) is 4.16. The standard InChI is InChI=1S/C15H14N2O3/c1-11(18)12-4-6-13(7-5-12)17-15(19)10-20-14-3-2-8-16-9-14/h2-9H,10H2,1H3,(H,17,19). The van der Waals surface area contributed by atoms with Crippen LogP contribution in [-0.2, 0) is 4.79 Å². The number of rotatable bonds is 5. The van der Waals surface area contributed by atoms with E-state index in [1.165, 1.54) is 13.1 Å². The van der Waals surface area contributed by atoms with Crippen LogP contribution in [0.5, 0.6) is 5.75 Å². The minimum Gasteiger partial charge on any atom is -0.482 e. The Morgan fingerprint density at radius 3 is 2.55 bits per heavy atom. The van der Waals surface area contributed by atoms with Gasteiger partial charge in [-0.05, 0) is 43.3 Å². The molecule has 5 nitrogen and oxygen atoms in total. The number of Topliss-reactive ketones (excluding diaryl/α,β-unsaturated/α-hetero) is 1. The SMILES string of the molecule is CC(=O)c1ccc(NC(=O)COc2cccnc2)cc1. The van der Waals surface area contributed by atoms with Crippen LogP contribution in [0.1, 0.15) is 17.3 Å². The molecule has 0 radical (unpaired) electrons. The van der Waals surface area contributed by atoms with E-state index < -0.39 is 0 Å². The quantitative estimate of drug-likeness (QED) is 0.846. The van der Waals surface area contributed by atoms with Crippen molar-refractivity contribution in [3.05, 3.63) is 54.4 Å². The molecule has 2 rings (SSSR count). The third-order valence-corrected chi connectivity index (χ3v) is 2.58. The van der Waals surface area contributed by atoms with Crippen molar-refractivity contribution < 1.29 is 14.3 Å². The van der Waals surface area contributed by atoms with Gasteiger partial charge in [-0.15, -0.1) is 0 Å². The third kappa shape index (κ3) is 3.91. The van der Waals surface area contributed by atoms with Crippen LogP contribution < -0.4 is 10.1 Å². The van der Waals surface area contributed by atoms with Crippen LogP contribution in [0.3, 0.4) is 0 Å². The molecule has 102 valence electrons. The molecule has 1 aromatic carbocycles. The summed E-state index contributed by atoms with van der Waals surface area (Å²) in [5, 5.41) is 2.68. The normalized spacial score (nSPS) is 9.85. The van der Waals surface area contributed by atoms with Crippen LogP contribution in [0.2, 0.25) is 0 Å². The molecular weight excluding hydrogens is 256 g/mol. The average molecular weight is 270 g/mol. The largest absolute Gasteiger partial charge is 0.482 e. The first-order chi connectivity index (χ1) is 9.65. The van der Waals surface area contributed by atoms with Crippen LogP contribution in [0.25, 0.3) is 0 Å². The van der Waals surface area contributed by atoms with Crippen molar-refractivity contribution in [1.82, 2.24) is 4.98 Å². The zero-order valence-electron chi connectivity index (χ0n) is 11.0. The average Bonchev–Trinajstić information content (AvgIpc) is 2.47. The van der Waals surface area contributed by atoms with Gasteiger partial charge in [0, 0.05) is 17.4 Å². The van der Waals surface area contributed by atoms with Gasteiger partial charge in [-0.1, -0.05) is 0 Å². The number of anilines is 1. The van der Waals surface area contributed by atoms with E-state index in [-0.39, 0.29) is 18.3 Å². The molecule has 0 saturated heterocycles. The second-order valence-corrected chi connectivity index (χ2v) is 4.16. The number of benzene rings is 1. The first-order valence-electron chi connectivity index (χ1n) is 6.09. The summed E-state index contributed by atoms with van der Waals surface area (Å²) in [4.78, 5) is 26.7. The van der Waals surface area contributed by atoms with Gasteiger partial charge in [0.1, 0.15) is 5.75 Å². The van der Waals surface area contributed by atoms with Crippen molar-refractivity contribution in [2.75, 3.05) is 11.9 Å². The molecule has 0 aliphatic heterocycles. The molecule has 0 saturated carbocycles. The van der Waals surface area contributed by atoms with Gasteiger partial charge in [0.2, 0.25) is 0 Å². The molecule has 0 atom stereocenters. The molecule has 1 heterocycles. The number of ether oxygens (including phenoxy) is 1. The van der Waals surface area contributed by atoms with Crippen molar-refractivity contribution >= 4 is 17.4 Å². The summed E-state index contributed by atoms with van der Waals surface area (Å²) in [5.41, 5.74) is 1.23. The van der Waals surface area contributed by atoms with Gasteiger partial charge < -0.3 is 10.1 Å². The lowest BCUT2D eigenvalue weighted by Gasteiger charge is -2.07. The number of pyridine rings is 1. The Balaban J connectivity index is 1.86. The number of aromatic nitrogens is 1. The van der Waals surface area contributed by atoms with Gasteiger partial charge in [-0.3, -0.25) is 14.6 Å². The predicted octanol–water partition coefficient (Wildman–Crippen LogP) is 2.30. The predicted molar refractivity (Wildman–Crippen MR) is 74.8 cm³/mol. The van der Waals surface area contributed by atoms with E-state index in [0.717, 1.165) is 0 Å². The summed E-state index contributed by atoms with van der Waals surface area (Å²) in [6.45, 7) is 1.40. The maximum absolute atomic E-state index is 11.7. The molecular formula is C15H14N2O3. The van der Waals surface area contributed by atoms with Gasteiger partial charge in [-0.25, -0.2) is 0 Å². The highest BCUT2D eigenvalue weighted by atomic mass is 16.5. The lowest BCUT2D eigenvalue weighted by atomic mass is 10.1. The van der Waals surface area contributed by atoms with E-state index in [4.69, 9.17) is 4.74 Å². The maximum atomic E-state index is 11.7. The summed E-state index contributed by atoms with van der Waals surface area (Å²) in [5.74, 6) is 0.252. The number of ketones is 1.